The maximum Gasteiger partial charge on any atom is 0.170 e. The van der Waals surface area contributed by atoms with E-state index in [2.05, 4.69) is 70.3 Å². The number of nitrogens with one attached hydrogen (secondary N) is 1. The van der Waals surface area contributed by atoms with E-state index in [9.17, 15) is 0 Å². The molecule has 0 aliphatic rings. The summed E-state index contributed by atoms with van der Waals surface area (Å²) in [5, 5.41) is 3.82. The molecule has 0 saturated carbocycles. The molecule has 0 unspecified atom stereocenters. The van der Waals surface area contributed by atoms with Gasteiger partial charge in [0.15, 0.2) is 11.5 Å². The molecule has 0 amide bonds. The van der Waals surface area contributed by atoms with Gasteiger partial charge in [-0.3, -0.25) is 4.40 Å². The van der Waals surface area contributed by atoms with Gasteiger partial charge in [0.2, 0.25) is 0 Å². The van der Waals surface area contributed by atoms with Crippen LogP contribution in [0.3, 0.4) is 0 Å². The zero-order valence-electron chi connectivity index (χ0n) is 19.8. The quantitative estimate of drug-likeness (QED) is 0.522. The van der Waals surface area contributed by atoms with Gasteiger partial charge in [0, 0.05) is 16.8 Å². The smallest absolute Gasteiger partial charge is 0.170 e. The lowest BCUT2D eigenvalue weighted by molar-refractivity contribution is 0.302. The van der Waals surface area contributed by atoms with Gasteiger partial charge in [-0.25, -0.2) is 4.98 Å². The number of aromatic nitrogens is 2. The number of fused-ring (bicyclic) bond motifs is 1. The van der Waals surface area contributed by atoms with Crippen LogP contribution in [0.1, 0.15) is 52.3 Å². The topological polar surface area (TPSA) is 47.8 Å². The van der Waals surface area contributed by atoms with E-state index < -0.39 is 0 Å². The van der Waals surface area contributed by atoms with E-state index >= 15 is 0 Å². The molecule has 30 heavy (non-hydrogen) atoms. The minimum absolute atomic E-state index is 0.133. The third-order valence-electron chi connectivity index (χ3n) is 5.14. The largest absolute Gasteiger partial charge is 0.493 e. The van der Waals surface area contributed by atoms with Crippen molar-refractivity contribution in [1.82, 2.24) is 9.38 Å². The molecule has 0 aliphatic carbocycles. The van der Waals surface area contributed by atoms with Crippen LogP contribution in [0, 0.1) is 19.3 Å². The zero-order valence-corrected chi connectivity index (χ0v) is 19.8. The molecule has 0 spiro atoms. The highest BCUT2D eigenvalue weighted by atomic mass is 16.5. The van der Waals surface area contributed by atoms with Crippen LogP contribution in [0.5, 0.6) is 11.5 Å². The van der Waals surface area contributed by atoms with E-state index in [1.807, 2.05) is 18.2 Å². The van der Waals surface area contributed by atoms with Crippen molar-refractivity contribution in [1.29, 1.82) is 0 Å². The fourth-order valence-electron chi connectivity index (χ4n) is 4.60. The van der Waals surface area contributed by atoms with Gasteiger partial charge < -0.3 is 14.8 Å². The molecule has 2 aromatic heterocycles. The minimum atomic E-state index is -0.133. The third kappa shape index (κ3) is 4.40. The van der Waals surface area contributed by atoms with Crippen LogP contribution in [0.2, 0.25) is 0 Å². The van der Waals surface area contributed by atoms with Crippen molar-refractivity contribution in [3.8, 4) is 22.8 Å². The van der Waals surface area contributed by atoms with Gasteiger partial charge in [0.25, 0.3) is 0 Å². The number of ether oxygens (including phenoxy) is 2. The van der Waals surface area contributed by atoms with Crippen LogP contribution in [0.25, 0.3) is 16.9 Å². The van der Waals surface area contributed by atoms with Gasteiger partial charge in [-0.2, -0.15) is 0 Å². The molecule has 1 N–H and O–H groups in total. The Hall–Kier alpha value is -2.69. The van der Waals surface area contributed by atoms with Crippen molar-refractivity contribution in [2.24, 2.45) is 5.41 Å². The third-order valence-corrected chi connectivity index (χ3v) is 5.14. The molecule has 0 saturated heterocycles. The number of anilines is 1. The monoisotopic (exact) mass is 409 g/mol. The molecule has 1 aromatic carbocycles. The Morgan fingerprint density at radius 2 is 1.70 bits per heavy atom. The Balaban J connectivity index is 2.28. The molecule has 0 aliphatic heterocycles. The van der Waals surface area contributed by atoms with Crippen LogP contribution < -0.4 is 14.8 Å². The van der Waals surface area contributed by atoms with Crippen LogP contribution in [0.15, 0.2) is 30.3 Å². The molecular weight excluding hydrogens is 374 g/mol. The molecular formula is C25H35N3O2. The molecule has 2 heterocycles. The summed E-state index contributed by atoms with van der Waals surface area (Å²) in [5.74, 6) is 2.36. The maximum absolute atomic E-state index is 5.74. The van der Waals surface area contributed by atoms with Crippen LogP contribution in [0.4, 0.5) is 5.82 Å². The number of rotatable bonds is 6. The van der Waals surface area contributed by atoms with Crippen LogP contribution >= 0.6 is 0 Å². The standard InChI is InChI=1S/C25H35N3O2/c1-16-13-17(2)28-20(14-16)26-21(18-11-10-12-19(29-8)22(18)30-9)23(28)27-25(6,7)15-24(3,4)5/h10-14,27H,15H2,1-9H3. The molecule has 5 heteroatoms. The van der Waals surface area contributed by atoms with E-state index in [1.165, 1.54) is 5.56 Å². The molecule has 162 valence electrons. The van der Waals surface area contributed by atoms with E-state index in [0.29, 0.717) is 11.5 Å². The van der Waals surface area contributed by atoms with Crippen molar-refractivity contribution in [2.75, 3.05) is 19.5 Å². The first kappa shape index (κ1) is 22.0. The van der Waals surface area contributed by atoms with Gasteiger partial charge in [0.05, 0.1) is 14.2 Å². The summed E-state index contributed by atoms with van der Waals surface area (Å²) in [6.07, 6.45) is 1.01. The summed E-state index contributed by atoms with van der Waals surface area (Å²) in [6.45, 7) is 15.5. The summed E-state index contributed by atoms with van der Waals surface area (Å²) < 4.78 is 13.5. The van der Waals surface area contributed by atoms with Crippen molar-refractivity contribution >= 4 is 11.5 Å². The number of imidazole rings is 1. The van der Waals surface area contributed by atoms with Crippen LogP contribution in [-0.2, 0) is 0 Å². The fraction of sp³-hybridized carbons (Fsp3) is 0.480. The van der Waals surface area contributed by atoms with Gasteiger partial charge in [-0.15, -0.1) is 0 Å². The van der Waals surface area contributed by atoms with Gasteiger partial charge in [0.1, 0.15) is 17.2 Å². The fourth-order valence-corrected chi connectivity index (χ4v) is 4.60. The van der Waals surface area contributed by atoms with Crippen LogP contribution in [-0.4, -0.2) is 29.1 Å². The van der Waals surface area contributed by atoms with E-state index in [-0.39, 0.29) is 11.0 Å². The average molecular weight is 410 g/mol. The first-order valence-corrected chi connectivity index (χ1v) is 10.4. The molecule has 0 fully saturated rings. The lowest BCUT2D eigenvalue weighted by atomic mass is 9.82. The van der Waals surface area contributed by atoms with E-state index in [0.717, 1.165) is 34.8 Å². The average Bonchev–Trinajstić information content (AvgIpc) is 2.96. The molecule has 0 bridgehead atoms. The van der Waals surface area contributed by atoms with Crippen molar-refractivity contribution in [3.63, 3.8) is 0 Å². The second kappa shape index (κ2) is 7.86. The van der Waals surface area contributed by atoms with Crippen molar-refractivity contribution in [3.05, 3.63) is 41.6 Å². The minimum Gasteiger partial charge on any atom is -0.493 e. The summed E-state index contributed by atoms with van der Waals surface area (Å²) in [5.41, 5.74) is 5.08. The zero-order chi connectivity index (χ0) is 22.3. The van der Waals surface area contributed by atoms with Gasteiger partial charge >= 0.3 is 0 Å². The number of para-hydroxylation sites is 1. The predicted molar refractivity (Wildman–Crippen MR) is 125 cm³/mol. The highest BCUT2D eigenvalue weighted by Gasteiger charge is 2.29. The highest BCUT2D eigenvalue weighted by molar-refractivity contribution is 5.82. The molecule has 3 rings (SSSR count). The molecule has 3 aromatic rings. The predicted octanol–water partition coefficient (Wildman–Crippen LogP) is 6.26. The normalized spacial score (nSPS) is 12.3. The van der Waals surface area contributed by atoms with E-state index in [4.69, 9.17) is 14.5 Å². The second-order valence-electron chi connectivity index (χ2n) is 9.96. The van der Waals surface area contributed by atoms with Gasteiger partial charge in [-0.05, 0) is 69.4 Å². The number of benzene rings is 1. The summed E-state index contributed by atoms with van der Waals surface area (Å²) >= 11 is 0. The summed E-state index contributed by atoms with van der Waals surface area (Å²) in [6, 6.07) is 10.2. The Kier molecular flexibility index (Phi) is 5.76. The van der Waals surface area contributed by atoms with Crippen molar-refractivity contribution in [2.45, 2.75) is 60.4 Å². The summed E-state index contributed by atoms with van der Waals surface area (Å²) in [7, 11) is 3.33. The lowest BCUT2D eigenvalue weighted by Crippen LogP contribution is -2.36. The first-order chi connectivity index (χ1) is 14.0. The van der Waals surface area contributed by atoms with Gasteiger partial charge in [-0.1, -0.05) is 26.8 Å². The molecule has 5 nitrogen and oxygen atoms in total. The highest BCUT2D eigenvalue weighted by Crippen LogP contribution is 2.42. The number of aryl methyl sites for hydroxylation is 2. The Bertz CT molecular complexity index is 1060. The van der Waals surface area contributed by atoms with E-state index in [1.54, 1.807) is 14.2 Å². The Labute approximate surface area is 180 Å². The van der Waals surface area contributed by atoms with Crippen molar-refractivity contribution < 1.29 is 9.47 Å². The number of methoxy groups -OCH3 is 2. The maximum atomic E-state index is 5.74. The Morgan fingerprint density at radius 1 is 1.00 bits per heavy atom. The SMILES string of the molecule is COc1cccc(-c2nc3cc(C)cc(C)n3c2NC(C)(C)CC(C)(C)C)c1OC. The molecule has 0 radical (unpaired) electrons. The number of pyridine rings is 1. The lowest BCUT2D eigenvalue weighted by Gasteiger charge is -2.34. The first-order valence-electron chi connectivity index (χ1n) is 10.4. The summed E-state index contributed by atoms with van der Waals surface area (Å²) in [4.78, 5) is 5.03. The molecule has 0 atom stereocenters. The number of nitrogens with zero attached hydrogens (tertiary/aromatic N) is 2. The number of hydrogen-bond donors (Lipinski definition) is 1. The Morgan fingerprint density at radius 3 is 2.30 bits per heavy atom. The number of hydrogen-bond acceptors (Lipinski definition) is 4. The second-order valence-corrected chi connectivity index (χ2v) is 9.96.